The van der Waals surface area contributed by atoms with Gasteiger partial charge in [0.1, 0.15) is 5.52 Å². The molecule has 1 aliphatic heterocycles. The molecular weight excluding hydrogens is 384 g/mol. The Morgan fingerprint density at radius 2 is 1.84 bits per heavy atom. The van der Waals surface area contributed by atoms with Crippen molar-refractivity contribution < 1.29 is 4.42 Å². The van der Waals surface area contributed by atoms with E-state index in [1.165, 1.54) is 0 Å². The molecule has 0 saturated carbocycles. The first-order valence-electron chi connectivity index (χ1n) is 11.4. The van der Waals surface area contributed by atoms with Crippen LogP contribution in [-0.2, 0) is 5.41 Å². The number of aromatic nitrogens is 1. The van der Waals surface area contributed by atoms with Crippen LogP contribution in [0.5, 0.6) is 0 Å². The van der Waals surface area contributed by atoms with Gasteiger partial charge in [-0.1, -0.05) is 56.3 Å². The average molecular weight is 417 g/mol. The minimum absolute atomic E-state index is 0.283. The van der Waals surface area contributed by atoms with Gasteiger partial charge in [0.25, 0.3) is 6.01 Å². The summed E-state index contributed by atoms with van der Waals surface area (Å²) in [6, 6.07) is 21.9. The van der Waals surface area contributed by atoms with Crippen molar-refractivity contribution in [1.82, 2.24) is 9.88 Å². The number of hydrogen-bond acceptors (Lipinski definition) is 5. The molecule has 1 unspecified atom stereocenters. The quantitative estimate of drug-likeness (QED) is 0.518. The van der Waals surface area contributed by atoms with Gasteiger partial charge in [-0.2, -0.15) is 10.2 Å². The zero-order chi connectivity index (χ0) is 21.7. The van der Waals surface area contributed by atoms with Crippen molar-refractivity contribution in [2.75, 3.05) is 25.0 Å². The Labute approximate surface area is 185 Å². The highest BCUT2D eigenvalue weighted by Gasteiger charge is 2.35. The van der Waals surface area contributed by atoms with Crippen LogP contribution in [0.25, 0.3) is 11.1 Å². The summed E-state index contributed by atoms with van der Waals surface area (Å²) in [6.45, 7) is 7.49. The van der Waals surface area contributed by atoms with E-state index in [2.05, 4.69) is 47.3 Å². The summed E-state index contributed by atoms with van der Waals surface area (Å²) in [5.41, 5.74) is 2.46. The molecule has 0 bridgehead atoms. The van der Waals surface area contributed by atoms with E-state index in [4.69, 9.17) is 4.42 Å². The molecule has 3 aromatic rings. The van der Waals surface area contributed by atoms with Gasteiger partial charge in [0.15, 0.2) is 5.58 Å². The monoisotopic (exact) mass is 416 g/mol. The molecule has 0 amide bonds. The van der Waals surface area contributed by atoms with E-state index >= 15 is 0 Å². The third-order valence-electron chi connectivity index (χ3n) is 6.73. The molecule has 2 aromatic carbocycles. The van der Waals surface area contributed by atoms with Crippen LogP contribution < -0.4 is 5.32 Å². The zero-order valence-corrected chi connectivity index (χ0v) is 18.6. The van der Waals surface area contributed by atoms with Crippen molar-refractivity contribution in [2.45, 2.75) is 51.0 Å². The predicted octanol–water partition coefficient (Wildman–Crippen LogP) is 5.60. The fourth-order valence-corrected chi connectivity index (χ4v) is 4.74. The summed E-state index contributed by atoms with van der Waals surface area (Å²) in [5.74, 6) is 0.283. The second-order valence-corrected chi connectivity index (χ2v) is 8.95. The maximum atomic E-state index is 10.1. The molecule has 1 atom stereocenters. The van der Waals surface area contributed by atoms with Crippen molar-refractivity contribution in [2.24, 2.45) is 5.92 Å². The van der Waals surface area contributed by atoms with E-state index in [0.717, 1.165) is 62.0 Å². The van der Waals surface area contributed by atoms with Crippen LogP contribution >= 0.6 is 0 Å². The highest BCUT2D eigenvalue weighted by molar-refractivity contribution is 5.74. The molecule has 2 heterocycles. The highest BCUT2D eigenvalue weighted by Crippen LogP contribution is 2.36. The van der Waals surface area contributed by atoms with Crippen LogP contribution in [0, 0.1) is 17.2 Å². The Balaban J connectivity index is 1.27. The molecule has 1 fully saturated rings. The van der Waals surface area contributed by atoms with E-state index in [1.807, 2.05) is 42.5 Å². The number of nitrogens with zero attached hydrogens (tertiary/aromatic N) is 3. The Morgan fingerprint density at radius 1 is 1.13 bits per heavy atom. The van der Waals surface area contributed by atoms with E-state index in [1.54, 1.807) is 0 Å². The third kappa shape index (κ3) is 4.75. The topological polar surface area (TPSA) is 65.1 Å². The molecule has 1 N–H and O–H groups in total. The number of hydrogen-bond donors (Lipinski definition) is 1. The average Bonchev–Trinajstić information content (AvgIpc) is 3.21. The largest absolute Gasteiger partial charge is 0.424 e. The zero-order valence-electron chi connectivity index (χ0n) is 18.6. The summed E-state index contributed by atoms with van der Waals surface area (Å²) in [7, 11) is 0. The lowest BCUT2D eigenvalue weighted by Gasteiger charge is -2.34. The highest BCUT2D eigenvalue weighted by atomic mass is 16.4. The Bertz CT molecular complexity index is 982. The fraction of sp³-hybridized carbons (Fsp3) is 0.462. The number of oxazole rings is 1. The van der Waals surface area contributed by atoms with Crippen molar-refractivity contribution >= 4 is 17.1 Å². The van der Waals surface area contributed by atoms with Crippen LogP contribution in [0.1, 0.15) is 45.1 Å². The van der Waals surface area contributed by atoms with Crippen LogP contribution in [0.15, 0.2) is 59.0 Å². The van der Waals surface area contributed by atoms with Gasteiger partial charge in [0.05, 0.1) is 11.5 Å². The third-order valence-corrected chi connectivity index (χ3v) is 6.73. The van der Waals surface area contributed by atoms with E-state index < -0.39 is 5.41 Å². The van der Waals surface area contributed by atoms with Crippen molar-refractivity contribution in [3.63, 3.8) is 0 Å². The molecule has 0 aliphatic carbocycles. The number of nitrogens with one attached hydrogen (secondary N) is 1. The second-order valence-electron chi connectivity index (χ2n) is 8.95. The number of piperidine rings is 1. The number of para-hydroxylation sites is 2. The minimum Gasteiger partial charge on any atom is -0.424 e. The maximum Gasteiger partial charge on any atom is 0.295 e. The van der Waals surface area contributed by atoms with Gasteiger partial charge in [0, 0.05) is 19.1 Å². The Morgan fingerprint density at radius 3 is 2.52 bits per heavy atom. The van der Waals surface area contributed by atoms with Gasteiger partial charge in [0.2, 0.25) is 0 Å². The lowest BCUT2D eigenvalue weighted by Crippen LogP contribution is -2.40. The first kappa shape index (κ1) is 21.4. The first-order chi connectivity index (χ1) is 15.1. The van der Waals surface area contributed by atoms with Gasteiger partial charge in [-0.15, -0.1) is 0 Å². The molecule has 162 valence electrons. The van der Waals surface area contributed by atoms with Gasteiger partial charge < -0.3 is 14.6 Å². The summed E-state index contributed by atoms with van der Waals surface area (Å²) >= 11 is 0. The fourth-order valence-electron chi connectivity index (χ4n) is 4.74. The van der Waals surface area contributed by atoms with Crippen molar-refractivity contribution in [3.8, 4) is 6.07 Å². The van der Waals surface area contributed by atoms with Crippen LogP contribution in [0.3, 0.4) is 0 Å². The first-order valence-corrected chi connectivity index (χ1v) is 11.4. The van der Waals surface area contributed by atoms with Gasteiger partial charge in [-0.3, -0.25) is 0 Å². The smallest absolute Gasteiger partial charge is 0.295 e. The molecular formula is C26H32N4O. The van der Waals surface area contributed by atoms with E-state index in [9.17, 15) is 5.26 Å². The molecule has 1 saturated heterocycles. The second kappa shape index (κ2) is 9.53. The van der Waals surface area contributed by atoms with E-state index in [-0.39, 0.29) is 5.92 Å². The molecule has 31 heavy (non-hydrogen) atoms. The van der Waals surface area contributed by atoms with Crippen LogP contribution in [-0.4, -0.2) is 35.6 Å². The molecule has 0 radical (unpaired) electrons. The van der Waals surface area contributed by atoms with Gasteiger partial charge in [-0.05, 0) is 55.8 Å². The lowest BCUT2D eigenvalue weighted by molar-refractivity contribution is 0.206. The Kier molecular flexibility index (Phi) is 6.58. The number of nitriles is 1. The number of likely N-dealkylation sites (tertiary alicyclic amines) is 1. The number of rotatable bonds is 8. The summed E-state index contributed by atoms with van der Waals surface area (Å²) in [5, 5.41) is 13.5. The maximum absolute atomic E-state index is 10.1. The van der Waals surface area contributed by atoms with Crippen LogP contribution in [0.2, 0.25) is 0 Å². The molecule has 1 aromatic heterocycles. The standard InChI is InChI=1S/C26H32N4O/c1-20(2)26(19-27,21-9-4-3-5-10-21)15-8-16-30-17-13-22(14-18-30)28-25-29-23-11-6-7-12-24(23)31-25/h3-7,9-12,20,22H,8,13-18H2,1-2H3,(H,28,29). The molecule has 4 rings (SSSR count). The van der Waals surface area contributed by atoms with Gasteiger partial charge in [-0.25, -0.2) is 0 Å². The molecule has 0 spiro atoms. The van der Waals surface area contributed by atoms with Crippen LogP contribution in [0.4, 0.5) is 6.01 Å². The summed E-state index contributed by atoms with van der Waals surface area (Å²) in [6.07, 6.45) is 4.08. The Hall–Kier alpha value is -2.84. The number of benzene rings is 2. The summed E-state index contributed by atoms with van der Waals surface area (Å²) in [4.78, 5) is 7.06. The van der Waals surface area contributed by atoms with Gasteiger partial charge >= 0.3 is 0 Å². The summed E-state index contributed by atoms with van der Waals surface area (Å²) < 4.78 is 5.81. The molecule has 1 aliphatic rings. The molecule has 5 heteroatoms. The SMILES string of the molecule is CC(C)C(C#N)(CCCN1CCC(Nc2nc3ccccc3o2)CC1)c1ccccc1. The molecule has 5 nitrogen and oxygen atoms in total. The van der Waals surface area contributed by atoms with Crippen molar-refractivity contribution in [3.05, 3.63) is 60.2 Å². The lowest BCUT2D eigenvalue weighted by atomic mass is 9.70. The predicted molar refractivity (Wildman–Crippen MR) is 125 cm³/mol. The minimum atomic E-state index is -0.409. The van der Waals surface area contributed by atoms with E-state index in [0.29, 0.717) is 12.1 Å². The number of fused-ring (bicyclic) bond motifs is 1. The van der Waals surface area contributed by atoms with Crippen molar-refractivity contribution in [1.29, 1.82) is 5.26 Å². The normalized spacial score (nSPS) is 17.5. The number of anilines is 1.